The number of fused-ring (bicyclic) bond motifs is 1. The highest BCUT2D eigenvalue weighted by Crippen LogP contribution is 2.37. The molecule has 0 saturated heterocycles. The number of pyridine rings is 1. The van der Waals surface area contributed by atoms with Crippen LogP contribution in [-0.2, 0) is 6.18 Å². The normalized spacial score (nSPS) is 11.8. The Kier molecular flexibility index (Phi) is 3.46. The summed E-state index contributed by atoms with van der Waals surface area (Å²) in [6.45, 7) is 0. The molecule has 8 heteroatoms. The summed E-state index contributed by atoms with van der Waals surface area (Å²) in [5, 5.41) is 0.516. The van der Waals surface area contributed by atoms with Crippen LogP contribution in [0.5, 0.6) is 5.75 Å². The van der Waals surface area contributed by atoms with Gasteiger partial charge in [-0.15, -0.1) is 11.3 Å². The molecular formula is C13H6ClF3N2OS. The highest BCUT2D eigenvalue weighted by molar-refractivity contribution is 7.21. The lowest BCUT2D eigenvalue weighted by molar-refractivity contribution is -0.137. The van der Waals surface area contributed by atoms with E-state index in [1.54, 1.807) is 6.07 Å². The molecule has 0 atom stereocenters. The number of alkyl halides is 3. The molecular weight excluding hydrogens is 325 g/mol. The van der Waals surface area contributed by atoms with Crippen molar-refractivity contribution in [1.29, 1.82) is 0 Å². The summed E-state index contributed by atoms with van der Waals surface area (Å²) >= 11 is 6.61. The Hall–Kier alpha value is -1.86. The average Bonchev–Trinajstić information content (AvgIpc) is 2.89. The Balaban J connectivity index is 2.13. The molecule has 0 fully saturated rings. The van der Waals surface area contributed by atoms with Gasteiger partial charge in [-0.2, -0.15) is 13.2 Å². The first-order valence-corrected chi connectivity index (χ1v) is 6.82. The van der Waals surface area contributed by atoms with Crippen molar-refractivity contribution in [3.8, 4) is 16.3 Å². The predicted molar refractivity (Wildman–Crippen MR) is 74.3 cm³/mol. The maximum atomic E-state index is 12.7. The molecule has 1 aromatic carbocycles. The highest BCUT2D eigenvalue weighted by atomic mass is 35.5. The van der Waals surface area contributed by atoms with Crippen molar-refractivity contribution in [3.05, 3.63) is 42.2 Å². The van der Waals surface area contributed by atoms with E-state index in [0.717, 1.165) is 12.1 Å². The van der Waals surface area contributed by atoms with E-state index in [1.165, 1.54) is 29.8 Å². The van der Waals surface area contributed by atoms with E-state index in [4.69, 9.17) is 11.9 Å². The number of halogens is 4. The predicted octanol–water partition coefficient (Wildman–Crippen LogP) is 4.91. The van der Waals surface area contributed by atoms with E-state index in [1.807, 2.05) is 0 Å². The summed E-state index contributed by atoms with van der Waals surface area (Å²) in [4.78, 5) is 8.08. The van der Waals surface area contributed by atoms with Crippen molar-refractivity contribution in [3.63, 3.8) is 0 Å². The first-order chi connectivity index (χ1) is 9.99. The molecule has 0 aliphatic rings. The zero-order chi connectivity index (χ0) is 15.0. The largest absolute Gasteiger partial charge is 0.416 e. The summed E-state index contributed by atoms with van der Waals surface area (Å²) in [6, 6.07) is 5.11. The number of nitrogens with zero attached hydrogens (tertiary/aromatic N) is 2. The van der Waals surface area contributed by atoms with Crippen molar-refractivity contribution >= 4 is 33.4 Å². The third-order valence-corrected chi connectivity index (χ3v) is 4.05. The van der Waals surface area contributed by atoms with E-state index in [2.05, 4.69) is 14.3 Å². The third-order valence-electron chi connectivity index (χ3n) is 2.81. The number of thiazole rings is 1. The van der Waals surface area contributed by atoms with Gasteiger partial charge >= 0.3 is 6.18 Å². The lowest BCUT2D eigenvalue weighted by Crippen LogP contribution is -2.03. The van der Waals surface area contributed by atoms with Gasteiger partial charge in [0.15, 0.2) is 5.75 Å². The molecule has 0 radical (unpaired) electrons. The van der Waals surface area contributed by atoms with Gasteiger partial charge in [0.2, 0.25) is 0 Å². The fraction of sp³-hybridized carbons (Fsp3) is 0.0769. The Labute approximate surface area is 126 Å². The Bertz CT molecular complexity index is 803. The molecule has 0 saturated carbocycles. The number of rotatable bonds is 2. The molecule has 0 spiro atoms. The zero-order valence-electron chi connectivity index (χ0n) is 10.2. The molecule has 0 N–H and O–H groups in total. The zero-order valence-corrected chi connectivity index (χ0v) is 11.8. The molecule has 0 bridgehead atoms. The van der Waals surface area contributed by atoms with Crippen molar-refractivity contribution in [2.75, 3.05) is 0 Å². The van der Waals surface area contributed by atoms with Crippen LogP contribution < -0.4 is 4.29 Å². The molecule has 0 unspecified atom stereocenters. The van der Waals surface area contributed by atoms with Crippen LogP contribution in [0.25, 0.3) is 20.8 Å². The minimum absolute atomic E-state index is 0.280. The summed E-state index contributed by atoms with van der Waals surface area (Å²) in [5.41, 5.74) is 0.132. The van der Waals surface area contributed by atoms with Gasteiger partial charge in [-0.05, 0) is 24.3 Å². The molecule has 0 aliphatic carbocycles. The minimum atomic E-state index is -4.39. The van der Waals surface area contributed by atoms with Gasteiger partial charge < -0.3 is 4.29 Å². The molecule has 3 rings (SSSR count). The number of hydrogen-bond acceptors (Lipinski definition) is 4. The first-order valence-electron chi connectivity index (χ1n) is 5.70. The van der Waals surface area contributed by atoms with E-state index < -0.39 is 11.7 Å². The molecule has 108 valence electrons. The average molecular weight is 331 g/mol. The minimum Gasteiger partial charge on any atom is -0.383 e. The summed E-state index contributed by atoms with van der Waals surface area (Å²) < 4.78 is 43.4. The molecule has 2 aromatic heterocycles. The first kappa shape index (κ1) is 14.1. The summed E-state index contributed by atoms with van der Waals surface area (Å²) in [7, 11) is 0. The van der Waals surface area contributed by atoms with Crippen molar-refractivity contribution in [2.24, 2.45) is 0 Å². The monoisotopic (exact) mass is 330 g/mol. The Morgan fingerprint density at radius 3 is 2.71 bits per heavy atom. The van der Waals surface area contributed by atoms with Gasteiger partial charge in [-0.25, -0.2) is 4.98 Å². The second-order valence-corrected chi connectivity index (χ2v) is 5.33. The number of aromatic nitrogens is 2. The molecule has 3 nitrogen and oxygen atoms in total. The van der Waals surface area contributed by atoms with Gasteiger partial charge in [0.25, 0.3) is 0 Å². The highest BCUT2D eigenvalue weighted by Gasteiger charge is 2.30. The Morgan fingerprint density at radius 2 is 2.00 bits per heavy atom. The molecule has 21 heavy (non-hydrogen) atoms. The number of hydrogen-bond donors (Lipinski definition) is 0. The lowest BCUT2D eigenvalue weighted by atomic mass is 10.2. The van der Waals surface area contributed by atoms with Gasteiger partial charge in [0.1, 0.15) is 16.9 Å². The van der Waals surface area contributed by atoms with Gasteiger partial charge in [-0.1, -0.05) is 0 Å². The van der Waals surface area contributed by atoms with Crippen LogP contribution >= 0.6 is 23.2 Å². The van der Waals surface area contributed by atoms with Gasteiger partial charge in [0.05, 0.1) is 27.5 Å². The maximum absolute atomic E-state index is 12.7. The maximum Gasteiger partial charge on any atom is 0.416 e. The fourth-order valence-electron chi connectivity index (χ4n) is 1.84. The molecule has 0 amide bonds. The lowest BCUT2D eigenvalue weighted by Gasteiger charge is -2.04. The SMILES string of the molecule is FC(F)(F)c1ccc2sc(-c3ccncc3OCl)nc2c1. The van der Waals surface area contributed by atoms with Crippen LogP contribution in [0.1, 0.15) is 5.56 Å². The van der Waals surface area contributed by atoms with Crippen molar-refractivity contribution in [1.82, 2.24) is 9.97 Å². The van der Waals surface area contributed by atoms with Crippen LogP contribution in [-0.4, -0.2) is 9.97 Å². The smallest absolute Gasteiger partial charge is 0.383 e. The molecule has 3 aromatic rings. The standard InChI is InChI=1S/C13H6ClF3N2OS/c14-20-10-6-18-4-3-8(10)12-19-9-5-7(13(15,16)17)1-2-11(9)21-12/h1-6H. The van der Waals surface area contributed by atoms with Crippen LogP contribution in [0, 0.1) is 0 Å². The quantitative estimate of drug-likeness (QED) is 0.669. The van der Waals surface area contributed by atoms with Crippen LogP contribution in [0.3, 0.4) is 0 Å². The van der Waals surface area contributed by atoms with Gasteiger partial charge in [0, 0.05) is 6.20 Å². The van der Waals surface area contributed by atoms with E-state index >= 15 is 0 Å². The second kappa shape index (κ2) is 5.16. The van der Waals surface area contributed by atoms with Crippen LogP contribution in [0.15, 0.2) is 36.7 Å². The topological polar surface area (TPSA) is 35.0 Å². The van der Waals surface area contributed by atoms with Crippen LogP contribution in [0.2, 0.25) is 0 Å². The van der Waals surface area contributed by atoms with Crippen molar-refractivity contribution < 1.29 is 17.5 Å². The molecule has 0 aliphatic heterocycles. The van der Waals surface area contributed by atoms with E-state index in [-0.39, 0.29) is 5.52 Å². The summed E-state index contributed by atoms with van der Waals surface area (Å²) in [5.74, 6) is 0.300. The summed E-state index contributed by atoms with van der Waals surface area (Å²) in [6.07, 6.45) is -1.45. The van der Waals surface area contributed by atoms with E-state index in [9.17, 15) is 13.2 Å². The number of benzene rings is 1. The second-order valence-electron chi connectivity index (χ2n) is 4.15. The van der Waals surface area contributed by atoms with Crippen molar-refractivity contribution in [2.45, 2.75) is 6.18 Å². The van der Waals surface area contributed by atoms with Crippen LogP contribution in [0.4, 0.5) is 13.2 Å². The van der Waals surface area contributed by atoms with E-state index in [0.29, 0.717) is 21.0 Å². The molecule has 2 heterocycles. The third kappa shape index (κ3) is 2.66. The fourth-order valence-corrected chi connectivity index (χ4v) is 2.94. The Morgan fingerprint density at radius 1 is 1.19 bits per heavy atom. The van der Waals surface area contributed by atoms with Gasteiger partial charge in [-0.3, -0.25) is 4.98 Å².